The Bertz CT molecular complexity index is 280. The molecule has 1 aromatic heterocycles. The van der Waals surface area contributed by atoms with Crippen molar-refractivity contribution in [2.24, 2.45) is 0 Å². The van der Waals surface area contributed by atoms with E-state index in [1.807, 2.05) is 6.92 Å². The highest BCUT2D eigenvalue weighted by molar-refractivity contribution is 5.52. The molecule has 0 amide bonds. The van der Waals surface area contributed by atoms with Gasteiger partial charge >= 0.3 is 0 Å². The van der Waals surface area contributed by atoms with Gasteiger partial charge in [0, 0.05) is 6.04 Å². The average Bonchev–Trinajstić information content (AvgIpc) is 2.51. The van der Waals surface area contributed by atoms with Crippen molar-refractivity contribution >= 4 is 5.69 Å². The zero-order valence-electron chi connectivity index (χ0n) is 8.85. The van der Waals surface area contributed by atoms with Gasteiger partial charge in [-0.25, -0.2) is 0 Å². The molecule has 14 heavy (non-hydrogen) atoms. The molecule has 1 aliphatic heterocycles. The van der Waals surface area contributed by atoms with Crippen LogP contribution >= 0.6 is 0 Å². The van der Waals surface area contributed by atoms with Gasteiger partial charge in [-0.15, -0.1) is 0 Å². The van der Waals surface area contributed by atoms with Crippen molar-refractivity contribution in [2.75, 3.05) is 18.4 Å². The van der Waals surface area contributed by atoms with Crippen molar-refractivity contribution in [1.29, 1.82) is 0 Å². The first-order valence-electron chi connectivity index (χ1n) is 5.26. The molecule has 4 heteroatoms. The summed E-state index contributed by atoms with van der Waals surface area (Å²) < 4.78 is 0. The Hall–Kier alpha value is -1.03. The minimum atomic E-state index is 0.603. The number of nitrogens with one attached hydrogen (secondary N) is 3. The zero-order valence-corrected chi connectivity index (χ0v) is 8.85. The summed E-state index contributed by atoms with van der Waals surface area (Å²) in [6.45, 7) is 6.33. The number of hydrogen-bond acceptors (Lipinski definition) is 3. The van der Waals surface area contributed by atoms with E-state index in [9.17, 15) is 0 Å². The molecule has 1 aliphatic rings. The van der Waals surface area contributed by atoms with Gasteiger partial charge in [-0.2, -0.15) is 5.10 Å². The molecule has 0 bridgehead atoms. The van der Waals surface area contributed by atoms with Crippen LogP contribution in [-0.4, -0.2) is 29.3 Å². The van der Waals surface area contributed by atoms with Gasteiger partial charge in [0.05, 0.1) is 17.1 Å². The van der Waals surface area contributed by atoms with Gasteiger partial charge in [-0.1, -0.05) is 0 Å². The number of aromatic amines is 1. The summed E-state index contributed by atoms with van der Waals surface area (Å²) in [5.74, 6) is 0. The fourth-order valence-electron chi connectivity index (χ4n) is 1.93. The molecule has 3 N–H and O–H groups in total. The lowest BCUT2D eigenvalue weighted by Gasteiger charge is -2.24. The zero-order chi connectivity index (χ0) is 9.97. The van der Waals surface area contributed by atoms with Crippen LogP contribution < -0.4 is 10.6 Å². The molecule has 78 valence electrons. The van der Waals surface area contributed by atoms with Crippen molar-refractivity contribution in [3.63, 3.8) is 0 Å². The quantitative estimate of drug-likeness (QED) is 0.663. The highest BCUT2D eigenvalue weighted by Crippen LogP contribution is 2.19. The summed E-state index contributed by atoms with van der Waals surface area (Å²) in [5.41, 5.74) is 3.40. The minimum absolute atomic E-state index is 0.603. The summed E-state index contributed by atoms with van der Waals surface area (Å²) in [6.07, 6.45) is 2.40. The third-order valence-corrected chi connectivity index (χ3v) is 2.82. The van der Waals surface area contributed by atoms with Crippen molar-refractivity contribution < 1.29 is 0 Å². The molecule has 1 aromatic rings. The number of hydrogen-bond donors (Lipinski definition) is 3. The normalized spacial score (nSPS) is 18.4. The first-order chi connectivity index (χ1) is 6.77. The first kappa shape index (κ1) is 9.52. The molecule has 0 saturated carbocycles. The van der Waals surface area contributed by atoms with Crippen LogP contribution in [0, 0.1) is 13.8 Å². The fraction of sp³-hybridized carbons (Fsp3) is 0.700. The first-order valence-corrected chi connectivity index (χ1v) is 5.26. The van der Waals surface area contributed by atoms with E-state index in [1.165, 1.54) is 18.5 Å². The molecule has 0 aliphatic carbocycles. The summed E-state index contributed by atoms with van der Waals surface area (Å²) in [5, 5.41) is 14.1. The predicted octanol–water partition coefficient (Wildman–Crippen LogP) is 1.19. The average molecular weight is 194 g/mol. The van der Waals surface area contributed by atoms with Gasteiger partial charge in [0.2, 0.25) is 0 Å². The van der Waals surface area contributed by atoms with Gasteiger partial charge in [-0.3, -0.25) is 5.10 Å². The van der Waals surface area contributed by atoms with Gasteiger partial charge in [0.15, 0.2) is 0 Å². The van der Waals surface area contributed by atoms with Gasteiger partial charge < -0.3 is 10.6 Å². The molecule has 4 nitrogen and oxygen atoms in total. The maximum atomic E-state index is 4.18. The summed E-state index contributed by atoms with van der Waals surface area (Å²) in [7, 11) is 0. The lowest BCUT2D eigenvalue weighted by Crippen LogP contribution is -2.35. The van der Waals surface area contributed by atoms with E-state index >= 15 is 0 Å². The maximum absolute atomic E-state index is 4.18. The van der Waals surface area contributed by atoms with Crippen LogP contribution in [0.15, 0.2) is 0 Å². The monoisotopic (exact) mass is 194 g/mol. The molecular weight excluding hydrogens is 176 g/mol. The third kappa shape index (κ3) is 1.90. The highest BCUT2D eigenvalue weighted by Gasteiger charge is 2.15. The number of H-pyrrole nitrogens is 1. The Morgan fingerprint density at radius 1 is 1.29 bits per heavy atom. The minimum Gasteiger partial charge on any atom is -0.379 e. The van der Waals surface area contributed by atoms with E-state index in [2.05, 4.69) is 27.8 Å². The Morgan fingerprint density at radius 2 is 2.00 bits per heavy atom. The molecule has 0 aromatic carbocycles. The van der Waals surface area contributed by atoms with Gasteiger partial charge in [-0.05, 0) is 39.8 Å². The van der Waals surface area contributed by atoms with Crippen LogP contribution in [0.4, 0.5) is 5.69 Å². The number of aryl methyl sites for hydroxylation is 2. The lowest BCUT2D eigenvalue weighted by molar-refractivity contribution is 0.479. The maximum Gasteiger partial charge on any atom is 0.0825 e. The van der Waals surface area contributed by atoms with E-state index in [1.54, 1.807) is 0 Å². The van der Waals surface area contributed by atoms with Crippen molar-refractivity contribution in [3.8, 4) is 0 Å². The molecular formula is C10H18N4. The molecule has 1 saturated heterocycles. The summed E-state index contributed by atoms with van der Waals surface area (Å²) >= 11 is 0. The smallest absolute Gasteiger partial charge is 0.0825 e. The van der Waals surface area contributed by atoms with Crippen LogP contribution in [0.5, 0.6) is 0 Å². The number of piperidine rings is 1. The fourth-order valence-corrected chi connectivity index (χ4v) is 1.93. The predicted molar refractivity (Wildman–Crippen MR) is 57.6 cm³/mol. The second-order valence-corrected chi connectivity index (χ2v) is 3.98. The van der Waals surface area contributed by atoms with Gasteiger partial charge in [0.25, 0.3) is 0 Å². The van der Waals surface area contributed by atoms with E-state index in [0.29, 0.717) is 6.04 Å². The SMILES string of the molecule is Cc1n[nH]c(C)c1NC1CCNCC1. The van der Waals surface area contributed by atoms with Gasteiger partial charge in [0.1, 0.15) is 0 Å². The van der Waals surface area contributed by atoms with Crippen molar-refractivity contribution in [3.05, 3.63) is 11.4 Å². The Kier molecular flexibility index (Phi) is 2.72. The Labute approximate surface area is 84.5 Å². The Morgan fingerprint density at radius 3 is 2.57 bits per heavy atom. The number of nitrogens with zero attached hydrogens (tertiary/aromatic N) is 1. The van der Waals surface area contributed by atoms with E-state index in [-0.39, 0.29) is 0 Å². The number of aromatic nitrogens is 2. The van der Waals surface area contributed by atoms with E-state index < -0.39 is 0 Å². The third-order valence-electron chi connectivity index (χ3n) is 2.82. The van der Waals surface area contributed by atoms with Crippen molar-refractivity contribution in [2.45, 2.75) is 32.7 Å². The highest BCUT2D eigenvalue weighted by atomic mass is 15.2. The number of anilines is 1. The number of rotatable bonds is 2. The molecule has 0 atom stereocenters. The van der Waals surface area contributed by atoms with E-state index in [0.717, 1.165) is 24.5 Å². The largest absolute Gasteiger partial charge is 0.379 e. The van der Waals surface area contributed by atoms with Crippen molar-refractivity contribution in [1.82, 2.24) is 15.5 Å². The van der Waals surface area contributed by atoms with Crippen LogP contribution in [-0.2, 0) is 0 Å². The Balaban J connectivity index is 2.02. The molecule has 1 fully saturated rings. The molecule has 2 rings (SSSR count). The molecule has 0 radical (unpaired) electrons. The lowest BCUT2D eigenvalue weighted by atomic mass is 10.1. The second-order valence-electron chi connectivity index (χ2n) is 3.98. The van der Waals surface area contributed by atoms with E-state index in [4.69, 9.17) is 0 Å². The van der Waals surface area contributed by atoms with Crippen LogP contribution in [0.2, 0.25) is 0 Å². The summed E-state index contributed by atoms with van der Waals surface area (Å²) in [4.78, 5) is 0. The van der Waals surface area contributed by atoms with Crippen LogP contribution in [0.25, 0.3) is 0 Å². The van der Waals surface area contributed by atoms with Crippen LogP contribution in [0.1, 0.15) is 24.2 Å². The topological polar surface area (TPSA) is 52.7 Å². The second kappa shape index (κ2) is 4.00. The molecule has 0 unspecified atom stereocenters. The standard InChI is InChI=1S/C10H18N4/c1-7-10(8(2)14-13-7)12-9-3-5-11-6-4-9/h9,11-12H,3-6H2,1-2H3,(H,13,14). The van der Waals surface area contributed by atoms with Crippen LogP contribution in [0.3, 0.4) is 0 Å². The molecule has 0 spiro atoms. The summed E-state index contributed by atoms with van der Waals surface area (Å²) in [6, 6.07) is 0.603. The molecule has 2 heterocycles.